The minimum absolute atomic E-state index is 0.0762. The van der Waals surface area contributed by atoms with Crippen LogP contribution in [0.25, 0.3) is 0 Å². The van der Waals surface area contributed by atoms with Gasteiger partial charge in [0.2, 0.25) is 0 Å². The van der Waals surface area contributed by atoms with Crippen LogP contribution in [0.5, 0.6) is 0 Å². The van der Waals surface area contributed by atoms with Gasteiger partial charge in [-0.3, -0.25) is 0 Å². The van der Waals surface area contributed by atoms with Crippen molar-refractivity contribution in [1.29, 1.82) is 0 Å². The Labute approximate surface area is 97.0 Å². The maximum atomic E-state index is 8.91. The molecule has 0 aromatic carbocycles. The normalized spacial score (nSPS) is 10.7. The molecule has 0 spiro atoms. The fraction of sp³-hybridized carbons (Fsp3) is 0.167. The molecule has 1 N–H and O–H groups in total. The SMILES string of the molecule is OCc1sc(Sc2nncs2)nc1Cl. The first kappa shape index (κ1) is 10.3. The molecule has 2 rings (SSSR count). The van der Waals surface area contributed by atoms with Crippen molar-refractivity contribution in [2.45, 2.75) is 15.3 Å². The second-order valence-electron chi connectivity index (χ2n) is 2.16. The predicted molar refractivity (Wildman–Crippen MR) is 57.1 cm³/mol. The standard InChI is InChI=1S/C6H4ClN3OS3/c7-4-3(1-11)13-5(9-4)14-6-10-8-2-12-6/h2,11H,1H2. The first-order valence-electron chi connectivity index (χ1n) is 3.49. The quantitative estimate of drug-likeness (QED) is 0.923. The molecule has 2 heterocycles. The zero-order valence-corrected chi connectivity index (χ0v) is 9.88. The second-order valence-corrected chi connectivity index (χ2v) is 5.93. The topological polar surface area (TPSA) is 58.9 Å². The third-order valence-electron chi connectivity index (χ3n) is 1.29. The molecule has 8 heteroatoms. The second kappa shape index (κ2) is 4.54. The largest absolute Gasteiger partial charge is 0.391 e. The fourth-order valence-corrected chi connectivity index (χ4v) is 3.71. The number of aromatic nitrogens is 3. The summed E-state index contributed by atoms with van der Waals surface area (Å²) in [6.45, 7) is -0.0762. The molecule has 74 valence electrons. The maximum absolute atomic E-state index is 8.91. The Morgan fingerprint density at radius 1 is 1.50 bits per heavy atom. The first-order chi connectivity index (χ1) is 6.79. The van der Waals surface area contributed by atoms with Crippen LogP contribution in [-0.4, -0.2) is 20.3 Å². The Hall–Kier alpha value is -0.210. The molecule has 0 bridgehead atoms. The lowest BCUT2D eigenvalue weighted by Gasteiger charge is -1.86. The zero-order chi connectivity index (χ0) is 9.97. The van der Waals surface area contributed by atoms with E-state index in [0.717, 1.165) is 8.68 Å². The molecule has 0 unspecified atom stereocenters. The summed E-state index contributed by atoms with van der Waals surface area (Å²) in [5.74, 6) is 0. The van der Waals surface area contributed by atoms with Crippen LogP contribution >= 0.6 is 46.0 Å². The van der Waals surface area contributed by atoms with E-state index in [1.54, 1.807) is 5.51 Å². The van der Waals surface area contributed by atoms with Crippen molar-refractivity contribution in [3.05, 3.63) is 15.5 Å². The maximum Gasteiger partial charge on any atom is 0.181 e. The summed E-state index contributed by atoms with van der Waals surface area (Å²) in [6, 6.07) is 0. The van der Waals surface area contributed by atoms with Gasteiger partial charge < -0.3 is 5.11 Å². The van der Waals surface area contributed by atoms with Gasteiger partial charge in [-0.15, -0.1) is 21.5 Å². The van der Waals surface area contributed by atoms with Crippen molar-refractivity contribution in [3.8, 4) is 0 Å². The Kier molecular flexibility index (Phi) is 3.34. The average molecular weight is 266 g/mol. The van der Waals surface area contributed by atoms with Crippen LogP contribution in [0, 0.1) is 0 Å². The molecule has 0 aliphatic heterocycles. The van der Waals surface area contributed by atoms with Gasteiger partial charge in [-0.1, -0.05) is 22.9 Å². The Morgan fingerprint density at radius 2 is 2.36 bits per heavy atom. The van der Waals surface area contributed by atoms with E-state index in [9.17, 15) is 0 Å². The smallest absolute Gasteiger partial charge is 0.181 e. The Bertz CT molecular complexity index is 416. The number of halogens is 1. The number of hydrogen-bond acceptors (Lipinski definition) is 7. The summed E-state index contributed by atoms with van der Waals surface area (Å²) >= 11 is 9.99. The molecule has 2 aromatic rings. The third kappa shape index (κ3) is 2.23. The Balaban J connectivity index is 2.17. The Morgan fingerprint density at radius 3 is 2.93 bits per heavy atom. The number of thiazole rings is 1. The summed E-state index contributed by atoms with van der Waals surface area (Å²) in [5, 5.41) is 16.9. The summed E-state index contributed by atoms with van der Waals surface area (Å²) in [6.07, 6.45) is 0. The van der Waals surface area contributed by atoms with E-state index in [-0.39, 0.29) is 6.61 Å². The van der Waals surface area contributed by atoms with Crippen LogP contribution in [-0.2, 0) is 6.61 Å². The number of aliphatic hydroxyl groups excluding tert-OH is 1. The van der Waals surface area contributed by atoms with Crippen molar-refractivity contribution in [3.63, 3.8) is 0 Å². The zero-order valence-electron chi connectivity index (χ0n) is 6.68. The van der Waals surface area contributed by atoms with Crippen molar-refractivity contribution < 1.29 is 5.11 Å². The van der Waals surface area contributed by atoms with Gasteiger partial charge in [-0.25, -0.2) is 4.98 Å². The van der Waals surface area contributed by atoms with Crippen LogP contribution in [0.15, 0.2) is 14.2 Å². The molecule has 0 fully saturated rings. The molecule has 0 aliphatic carbocycles. The number of aliphatic hydroxyl groups is 1. The number of nitrogens with zero attached hydrogens (tertiary/aromatic N) is 3. The summed E-state index contributed by atoms with van der Waals surface area (Å²) < 4.78 is 1.59. The van der Waals surface area contributed by atoms with E-state index in [1.807, 2.05) is 0 Å². The highest BCUT2D eigenvalue weighted by Crippen LogP contribution is 2.35. The van der Waals surface area contributed by atoms with Crippen molar-refractivity contribution >= 4 is 46.0 Å². The van der Waals surface area contributed by atoms with E-state index in [0.29, 0.717) is 10.0 Å². The molecule has 4 nitrogen and oxygen atoms in total. The monoisotopic (exact) mass is 265 g/mol. The first-order valence-corrected chi connectivity index (χ1v) is 6.38. The number of rotatable bonds is 3. The van der Waals surface area contributed by atoms with E-state index < -0.39 is 0 Å². The minimum atomic E-state index is -0.0762. The molecule has 0 radical (unpaired) electrons. The minimum Gasteiger partial charge on any atom is -0.391 e. The van der Waals surface area contributed by atoms with Crippen molar-refractivity contribution in [1.82, 2.24) is 15.2 Å². The van der Waals surface area contributed by atoms with Gasteiger partial charge in [-0.05, 0) is 11.8 Å². The van der Waals surface area contributed by atoms with Crippen LogP contribution in [0.1, 0.15) is 4.88 Å². The fourth-order valence-electron chi connectivity index (χ4n) is 0.736. The lowest BCUT2D eigenvalue weighted by molar-refractivity contribution is 0.285. The molecule has 0 aliphatic rings. The molecule has 2 aromatic heterocycles. The van der Waals surface area contributed by atoms with E-state index in [2.05, 4.69) is 15.2 Å². The predicted octanol–water partition coefficient (Wildman–Crippen LogP) is 2.29. The molecule has 0 amide bonds. The van der Waals surface area contributed by atoms with Crippen LogP contribution < -0.4 is 0 Å². The van der Waals surface area contributed by atoms with Crippen LogP contribution in [0.2, 0.25) is 5.15 Å². The van der Waals surface area contributed by atoms with E-state index in [1.165, 1.54) is 34.4 Å². The highest BCUT2D eigenvalue weighted by atomic mass is 35.5. The van der Waals surface area contributed by atoms with E-state index >= 15 is 0 Å². The van der Waals surface area contributed by atoms with E-state index in [4.69, 9.17) is 16.7 Å². The molecular formula is C6H4ClN3OS3. The van der Waals surface area contributed by atoms with Crippen molar-refractivity contribution in [2.75, 3.05) is 0 Å². The van der Waals surface area contributed by atoms with Crippen molar-refractivity contribution in [2.24, 2.45) is 0 Å². The van der Waals surface area contributed by atoms with Gasteiger partial charge in [-0.2, -0.15) is 0 Å². The highest BCUT2D eigenvalue weighted by Gasteiger charge is 2.10. The van der Waals surface area contributed by atoms with Gasteiger partial charge in [0.15, 0.2) is 8.68 Å². The summed E-state index contributed by atoms with van der Waals surface area (Å²) in [7, 11) is 0. The average Bonchev–Trinajstić information content (AvgIpc) is 2.76. The number of hydrogen-bond donors (Lipinski definition) is 1. The third-order valence-corrected chi connectivity index (χ3v) is 4.59. The van der Waals surface area contributed by atoms with Gasteiger partial charge in [0.1, 0.15) is 10.7 Å². The van der Waals surface area contributed by atoms with Gasteiger partial charge in [0.05, 0.1) is 11.5 Å². The van der Waals surface area contributed by atoms with Gasteiger partial charge in [0, 0.05) is 0 Å². The highest BCUT2D eigenvalue weighted by molar-refractivity contribution is 8.02. The molecule has 0 saturated carbocycles. The summed E-state index contributed by atoms with van der Waals surface area (Å²) in [4.78, 5) is 4.76. The lowest BCUT2D eigenvalue weighted by atomic mass is 10.6. The lowest BCUT2D eigenvalue weighted by Crippen LogP contribution is -1.75. The summed E-state index contributed by atoms with van der Waals surface area (Å²) in [5.41, 5.74) is 1.66. The molecular weight excluding hydrogens is 262 g/mol. The molecule has 0 saturated heterocycles. The van der Waals surface area contributed by atoms with Gasteiger partial charge in [0.25, 0.3) is 0 Å². The molecule has 14 heavy (non-hydrogen) atoms. The van der Waals surface area contributed by atoms with Crippen LogP contribution in [0.4, 0.5) is 0 Å². The van der Waals surface area contributed by atoms with Gasteiger partial charge >= 0.3 is 0 Å². The van der Waals surface area contributed by atoms with Crippen LogP contribution in [0.3, 0.4) is 0 Å². The molecule has 0 atom stereocenters.